The normalized spacial score (nSPS) is 20.5. The van der Waals surface area contributed by atoms with Crippen LogP contribution in [0.3, 0.4) is 0 Å². The molecule has 0 bridgehead atoms. The molecule has 1 fully saturated rings. The molecular formula is C23H33BrN3O2+. The Kier molecular flexibility index (Phi) is 7.17. The second kappa shape index (κ2) is 9.43. The summed E-state index contributed by atoms with van der Waals surface area (Å²) in [4.78, 5) is 15.2. The molecule has 0 saturated carbocycles. The summed E-state index contributed by atoms with van der Waals surface area (Å²) in [6.45, 7) is 10.3. The molecule has 2 heterocycles. The fourth-order valence-electron chi connectivity index (χ4n) is 4.08. The molecule has 1 aliphatic heterocycles. The Bertz CT molecular complexity index is 829. The van der Waals surface area contributed by atoms with Crippen LogP contribution in [0.2, 0.25) is 0 Å². The van der Waals surface area contributed by atoms with Crippen molar-refractivity contribution in [2.24, 2.45) is 18.9 Å². The van der Waals surface area contributed by atoms with Gasteiger partial charge in [0.05, 0.1) is 18.7 Å². The van der Waals surface area contributed by atoms with Gasteiger partial charge in [0, 0.05) is 22.6 Å². The number of aryl methyl sites for hydroxylation is 1. The molecule has 1 aliphatic rings. The third-order valence-corrected chi connectivity index (χ3v) is 5.96. The lowest BCUT2D eigenvalue weighted by Crippen LogP contribution is -2.60. The Balaban J connectivity index is 1.82. The van der Waals surface area contributed by atoms with E-state index in [1.807, 2.05) is 36.1 Å². The molecule has 0 radical (unpaired) electrons. The van der Waals surface area contributed by atoms with E-state index in [9.17, 15) is 4.79 Å². The molecule has 2 unspecified atom stereocenters. The van der Waals surface area contributed by atoms with Gasteiger partial charge >= 0.3 is 0 Å². The number of amides is 1. The van der Waals surface area contributed by atoms with E-state index in [1.54, 1.807) is 0 Å². The van der Waals surface area contributed by atoms with E-state index in [4.69, 9.17) is 4.52 Å². The highest BCUT2D eigenvalue weighted by Gasteiger charge is 2.36. The Hall–Kier alpha value is -1.66. The number of carbonyl (C=O) groups is 1. The standard InChI is InChI=1S/C23H32BrN3O2/c1-15(2)10-19-13-27(21(11-16(3)4)23(28)25-19)14-20-12-22(29-26(20)5)17-6-8-18(24)9-7-17/h6-9,12,15-16,19,21H,10-11,13-14H2,1-5H3/p+1. The van der Waals surface area contributed by atoms with Gasteiger partial charge in [0.15, 0.2) is 7.05 Å². The minimum atomic E-state index is -0.0931. The van der Waals surface area contributed by atoms with Gasteiger partial charge in [-0.25, -0.2) is 4.52 Å². The minimum Gasteiger partial charge on any atom is -0.351 e. The molecule has 1 saturated heterocycles. The predicted octanol–water partition coefficient (Wildman–Crippen LogP) is 4.29. The largest absolute Gasteiger partial charge is 0.351 e. The summed E-state index contributed by atoms with van der Waals surface area (Å²) in [6.07, 6.45) is 1.86. The van der Waals surface area contributed by atoms with Crippen LogP contribution in [0.4, 0.5) is 0 Å². The number of hydrogen-bond acceptors (Lipinski definition) is 3. The maximum atomic E-state index is 12.9. The summed E-state index contributed by atoms with van der Waals surface area (Å²) in [7, 11) is 1.94. The number of halogens is 1. The first kappa shape index (κ1) is 22.0. The van der Waals surface area contributed by atoms with Crippen LogP contribution in [0, 0.1) is 11.8 Å². The second-order valence-corrected chi connectivity index (χ2v) is 9.92. The Morgan fingerprint density at radius 1 is 1.17 bits per heavy atom. The predicted molar refractivity (Wildman–Crippen MR) is 118 cm³/mol. The number of nitrogens with zero attached hydrogens (tertiary/aromatic N) is 2. The van der Waals surface area contributed by atoms with Crippen LogP contribution in [0.15, 0.2) is 39.3 Å². The fourth-order valence-corrected chi connectivity index (χ4v) is 4.34. The van der Waals surface area contributed by atoms with Gasteiger partial charge in [-0.05, 0) is 53.7 Å². The van der Waals surface area contributed by atoms with E-state index in [0.29, 0.717) is 18.4 Å². The van der Waals surface area contributed by atoms with Crippen LogP contribution in [0.25, 0.3) is 11.3 Å². The first-order valence-electron chi connectivity index (χ1n) is 10.5. The Morgan fingerprint density at radius 3 is 2.45 bits per heavy atom. The van der Waals surface area contributed by atoms with Crippen LogP contribution in [-0.4, -0.2) is 29.4 Å². The van der Waals surface area contributed by atoms with Gasteiger partial charge in [0.25, 0.3) is 0 Å². The number of hydrogen-bond donors (Lipinski definition) is 1. The Labute approximate surface area is 182 Å². The van der Waals surface area contributed by atoms with Crippen LogP contribution >= 0.6 is 15.9 Å². The van der Waals surface area contributed by atoms with Crippen LogP contribution in [0.5, 0.6) is 0 Å². The van der Waals surface area contributed by atoms with Crippen molar-refractivity contribution in [3.63, 3.8) is 0 Å². The maximum absolute atomic E-state index is 12.9. The number of carbonyl (C=O) groups excluding carboxylic acids is 1. The Morgan fingerprint density at radius 2 is 1.83 bits per heavy atom. The topological polar surface area (TPSA) is 49.4 Å². The molecule has 2 aromatic rings. The molecule has 1 aromatic heterocycles. The van der Waals surface area contributed by atoms with Crippen molar-refractivity contribution in [3.8, 4) is 11.3 Å². The minimum absolute atomic E-state index is 0.0931. The first-order valence-corrected chi connectivity index (χ1v) is 11.3. The molecule has 0 spiro atoms. The lowest BCUT2D eigenvalue weighted by atomic mass is 9.95. The summed E-state index contributed by atoms with van der Waals surface area (Å²) < 4.78 is 8.86. The summed E-state index contributed by atoms with van der Waals surface area (Å²) in [6, 6.07) is 10.3. The van der Waals surface area contributed by atoms with E-state index in [-0.39, 0.29) is 18.0 Å². The smallest absolute Gasteiger partial charge is 0.245 e. The molecule has 1 amide bonds. The highest BCUT2D eigenvalue weighted by Crippen LogP contribution is 2.25. The molecule has 0 aliphatic carbocycles. The molecule has 29 heavy (non-hydrogen) atoms. The van der Waals surface area contributed by atoms with Gasteiger partial charge in [-0.3, -0.25) is 9.69 Å². The lowest BCUT2D eigenvalue weighted by molar-refractivity contribution is -0.849. The third-order valence-electron chi connectivity index (χ3n) is 5.43. The first-order chi connectivity index (χ1) is 13.7. The summed E-state index contributed by atoms with van der Waals surface area (Å²) in [5.41, 5.74) is 2.12. The van der Waals surface area contributed by atoms with Crippen molar-refractivity contribution in [2.75, 3.05) is 6.54 Å². The van der Waals surface area contributed by atoms with Crippen molar-refractivity contribution < 1.29 is 14.1 Å². The zero-order chi connectivity index (χ0) is 21.1. The zero-order valence-corrected chi connectivity index (χ0v) is 19.7. The van der Waals surface area contributed by atoms with Gasteiger partial charge in [-0.15, -0.1) is 0 Å². The monoisotopic (exact) mass is 462 g/mol. The molecule has 1 aromatic carbocycles. The molecule has 1 N–H and O–H groups in total. The highest BCUT2D eigenvalue weighted by atomic mass is 79.9. The van der Waals surface area contributed by atoms with Crippen molar-refractivity contribution in [1.29, 1.82) is 0 Å². The van der Waals surface area contributed by atoms with Crippen molar-refractivity contribution in [2.45, 2.75) is 59.2 Å². The van der Waals surface area contributed by atoms with Gasteiger partial charge in [0.1, 0.15) is 0 Å². The van der Waals surface area contributed by atoms with E-state index < -0.39 is 0 Å². The van der Waals surface area contributed by atoms with Gasteiger partial charge < -0.3 is 5.32 Å². The molecule has 6 heteroatoms. The third kappa shape index (κ3) is 5.70. The summed E-state index contributed by atoms with van der Waals surface area (Å²) in [5.74, 6) is 2.02. The van der Waals surface area contributed by atoms with Gasteiger partial charge in [-0.1, -0.05) is 43.6 Å². The van der Waals surface area contributed by atoms with Crippen molar-refractivity contribution >= 4 is 21.8 Å². The number of aromatic nitrogens is 1. The fraction of sp³-hybridized carbons (Fsp3) is 0.565. The average Bonchev–Trinajstić information content (AvgIpc) is 2.98. The molecule has 3 rings (SSSR count). The van der Waals surface area contributed by atoms with Crippen LogP contribution in [-0.2, 0) is 18.4 Å². The van der Waals surface area contributed by atoms with Gasteiger partial charge in [0.2, 0.25) is 17.4 Å². The zero-order valence-electron chi connectivity index (χ0n) is 18.1. The van der Waals surface area contributed by atoms with E-state index in [2.05, 4.69) is 59.9 Å². The van der Waals surface area contributed by atoms with Crippen LogP contribution < -0.4 is 10.1 Å². The van der Waals surface area contributed by atoms with Crippen molar-refractivity contribution in [1.82, 2.24) is 10.2 Å². The maximum Gasteiger partial charge on any atom is 0.245 e. The molecule has 158 valence electrons. The lowest BCUT2D eigenvalue weighted by Gasteiger charge is -2.39. The van der Waals surface area contributed by atoms with E-state index >= 15 is 0 Å². The molecule has 5 nitrogen and oxygen atoms in total. The number of piperazine rings is 1. The average molecular weight is 463 g/mol. The van der Waals surface area contributed by atoms with Crippen LogP contribution in [0.1, 0.15) is 46.2 Å². The van der Waals surface area contributed by atoms with E-state index in [0.717, 1.165) is 40.9 Å². The number of nitrogens with one attached hydrogen (secondary N) is 1. The highest BCUT2D eigenvalue weighted by molar-refractivity contribution is 9.10. The summed E-state index contributed by atoms with van der Waals surface area (Å²) >= 11 is 3.48. The summed E-state index contributed by atoms with van der Waals surface area (Å²) in [5, 5.41) is 3.25. The SMILES string of the molecule is CC(C)CC1CN(Cc2cc(-c3ccc(Br)cc3)o[n+]2C)C(CC(C)C)C(=O)N1. The number of benzene rings is 1. The van der Waals surface area contributed by atoms with Gasteiger partial charge in [-0.2, -0.15) is 0 Å². The second-order valence-electron chi connectivity index (χ2n) is 9.01. The van der Waals surface area contributed by atoms with E-state index in [1.165, 1.54) is 0 Å². The quantitative estimate of drug-likeness (QED) is 0.624. The number of rotatable bonds is 7. The molecular weight excluding hydrogens is 430 g/mol. The van der Waals surface area contributed by atoms with Crippen molar-refractivity contribution in [3.05, 3.63) is 40.5 Å². The molecule has 2 atom stereocenters.